The first-order valence-corrected chi connectivity index (χ1v) is 7.37. The summed E-state index contributed by atoms with van der Waals surface area (Å²) in [5.74, 6) is 2.42. The van der Waals surface area contributed by atoms with E-state index in [9.17, 15) is 0 Å². The molecule has 2 rings (SSSR count). The standard InChI is InChI=1S/C11H20OS.C2H6/c1-8(2)12-7-11(3)4-9-6-13-10(9)5-11;1-2/h8-10H,4-7H2,1-3H3;1-2H3. The van der Waals surface area contributed by atoms with Gasteiger partial charge in [-0.15, -0.1) is 0 Å². The Bertz CT molecular complexity index is 179. The summed E-state index contributed by atoms with van der Waals surface area (Å²) in [5.41, 5.74) is 0.489. The molecule has 1 nitrogen and oxygen atoms in total. The summed E-state index contributed by atoms with van der Waals surface area (Å²) in [6, 6.07) is 0. The number of hydrogen-bond donors (Lipinski definition) is 0. The lowest BCUT2D eigenvalue weighted by atomic mass is 9.89. The molecule has 2 heteroatoms. The van der Waals surface area contributed by atoms with Gasteiger partial charge in [0.1, 0.15) is 0 Å². The third-order valence-corrected chi connectivity index (χ3v) is 4.86. The molecule has 0 aromatic rings. The molecule has 0 N–H and O–H groups in total. The number of thioether (sulfide) groups is 1. The van der Waals surface area contributed by atoms with Gasteiger partial charge < -0.3 is 4.74 Å². The van der Waals surface area contributed by atoms with Gasteiger partial charge in [-0.05, 0) is 43.8 Å². The highest BCUT2D eigenvalue weighted by Gasteiger charge is 2.47. The van der Waals surface area contributed by atoms with Gasteiger partial charge in [0.25, 0.3) is 0 Å². The fraction of sp³-hybridized carbons (Fsp3) is 1.00. The molecule has 90 valence electrons. The predicted molar refractivity (Wildman–Crippen MR) is 69.5 cm³/mol. The van der Waals surface area contributed by atoms with Gasteiger partial charge in [-0.25, -0.2) is 0 Å². The lowest BCUT2D eigenvalue weighted by Crippen LogP contribution is -2.23. The zero-order chi connectivity index (χ0) is 11.5. The molecule has 0 bridgehead atoms. The van der Waals surface area contributed by atoms with Crippen LogP contribution in [0, 0.1) is 11.3 Å². The second-order valence-electron chi connectivity index (χ2n) is 5.21. The van der Waals surface area contributed by atoms with Gasteiger partial charge >= 0.3 is 0 Å². The van der Waals surface area contributed by atoms with Crippen LogP contribution in [0.1, 0.15) is 47.5 Å². The van der Waals surface area contributed by atoms with Crippen molar-refractivity contribution in [1.82, 2.24) is 0 Å². The lowest BCUT2D eigenvalue weighted by molar-refractivity contribution is 0.0160. The Labute approximate surface area is 99.3 Å². The van der Waals surface area contributed by atoms with E-state index in [1.165, 1.54) is 18.6 Å². The highest BCUT2D eigenvalue weighted by molar-refractivity contribution is 8.01. The van der Waals surface area contributed by atoms with Gasteiger partial charge in [0.15, 0.2) is 0 Å². The van der Waals surface area contributed by atoms with Crippen molar-refractivity contribution in [1.29, 1.82) is 0 Å². The Hall–Kier alpha value is 0.310. The zero-order valence-electron chi connectivity index (χ0n) is 10.9. The van der Waals surface area contributed by atoms with Crippen LogP contribution >= 0.6 is 11.8 Å². The molecule has 2 fully saturated rings. The average molecular weight is 230 g/mol. The van der Waals surface area contributed by atoms with Gasteiger partial charge in [-0.3, -0.25) is 0 Å². The van der Waals surface area contributed by atoms with E-state index in [4.69, 9.17) is 4.74 Å². The van der Waals surface area contributed by atoms with E-state index >= 15 is 0 Å². The summed E-state index contributed by atoms with van der Waals surface area (Å²) in [6.07, 6.45) is 3.18. The quantitative estimate of drug-likeness (QED) is 0.725. The molecule has 3 unspecified atom stereocenters. The summed E-state index contributed by atoms with van der Waals surface area (Å²) in [5, 5.41) is 0.973. The maximum Gasteiger partial charge on any atom is 0.0523 e. The number of fused-ring (bicyclic) bond motifs is 1. The van der Waals surface area contributed by atoms with Crippen molar-refractivity contribution in [3.8, 4) is 0 Å². The fourth-order valence-corrected chi connectivity index (χ4v) is 3.94. The van der Waals surface area contributed by atoms with Crippen molar-refractivity contribution in [2.24, 2.45) is 11.3 Å². The van der Waals surface area contributed by atoms with Crippen LogP contribution < -0.4 is 0 Å². The average Bonchev–Trinajstić information content (AvgIpc) is 2.43. The Morgan fingerprint density at radius 3 is 2.33 bits per heavy atom. The Balaban J connectivity index is 0.000000531. The van der Waals surface area contributed by atoms with Crippen molar-refractivity contribution >= 4 is 11.8 Å². The van der Waals surface area contributed by atoms with Gasteiger partial charge in [-0.2, -0.15) is 11.8 Å². The maximum absolute atomic E-state index is 5.74. The minimum atomic E-state index is 0.391. The third-order valence-electron chi connectivity index (χ3n) is 3.26. The van der Waals surface area contributed by atoms with E-state index < -0.39 is 0 Å². The summed E-state index contributed by atoms with van der Waals surface area (Å²) in [6.45, 7) is 11.6. The smallest absolute Gasteiger partial charge is 0.0523 e. The van der Waals surface area contributed by atoms with Crippen molar-refractivity contribution in [3.63, 3.8) is 0 Å². The fourth-order valence-electron chi connectivity index (χ4n) is 2.47. The zero-order valence-corrected chi connectivity index (χ0v) is 11.7. The van der Waals surface area contributed by atoms with E-state index in [1.807, 2.05) is 13.8 Å². The minimum absolute atomic E-state index is 0.391. The molecule has 0 aromatic carbocycles. The second-order valence-corrected chi connectivity index (χ2v) is 6.48. The topological polar surface area (TPSA) is 9.23 Å². The number of rotatable bonds is 3. The summed E-state index contributed by atoms with van der Waals surface area (Å²) < 4.78 is 5.74. The molecule has 0 radical (unpaired) electrons. The first-order valence-electron chi connectivity index (χ1n) is 6.32. The molecule has 2 aliphatic rings. The van der Waals surface area contributed by atoms with E-state index in [1.54, 1.807) is 0 Å². The van der Waals surface area contributed by atoms with Crippen LogP contribution in [-0.2, 0) is 4.74 Å². The first-order chi connectivity index (χ1) is 7.09. The van der Waals surface area contributed by atoms with Crippen LogP contribution in [0.15, 0.2) is 0 Å². The molecule has 3 atom stereocenters. The number of ether oxygens (including phenoxy) is 1. The van der Waals surface area contributed by atoms with Crippen LogP contribution in [0.3, 0.4) is 0 Å². The lowest BCUT2D eigenvalue weighted by Gasteiger charge is -2.28. The monoisotopic (exact) mass is 230 g/mol. The van der Waals surface area contributed by atoms with Crippen LogP contribution in [0.4, 0.5) is 0 Å². The van der Waals surface area contributed by atoms with Gasteiger partial charge in [-0.1, -0.05) is 20.8 Å². The van der Waals surface area contributed by atoms with Gasteiger partial charge in [0, 0.05) is 5.25 Å². The molecule has 0 aromatic heterocycles. The Kier molecular flexibility index (Phi) is 4.98. The first kappa shape index (κ1) is 13.4. The maximum atomic E-state index is 5.74. The summed E-state index contributed by atoms with van der Waals surface area (Å²) in [4.78, 5) is 0. The summed E-state index contributed by atoms with van der Waals surface area (Å²) >= 11 is 2.16. The molecule has 1 saturated carbocycles. The normalized spacial score (nSPS) is 38.0. The van der Waals surface area contributed by atoms with E-state index in [-0.39, 0.29) is 0 Å². The van der Waals surface area contributed by atoms with Crippen molar-refractivity contribution < 1.29 is 4.74 Å². The molecule has 1 aliphatic carbocycles. The highest BCUT2D eigenvalue weighted by Crippen LogP contribution is 2.54. The number of hydrogen-bond acceptors (Lipinski definition) is 2. The van der Waals surface area contributed by atoms with E-state index in [2.05, 4.69) is 32.5 Å². The van der Waals surface area contributed by atoms with Crippen molar-refractivity contribution in [2.45, 2.75) is 58.8 Å². The van der Waals surface area contributed by atoms with Crippen molar-refractivity contribution in [2.75, 3.05) is 12.4 Å². The Morgan fingerprint density at radius 2 is 2.00 bits per heavy atom. The predicted octanol–water partition coefficient (Wildman–Crippen LogP) is 3.97. The molecule has 15 heavy (non-hydrogen) atoms. The van der Waals surface area contributed by atoms with Crippen LogP contribution in [0.2, 0.25) is 0 Å². The molecular weight excluding hydrogens is 204 g/mol. The molecular formula is C13H26OS. The SMILES string of the molecule is CC.CC(C)OCC1(C)CC2CSC2C1. The molecule has 1 aliphatic heterocycles. The molecule has 0 amide bonds. The molecule has 0 spiro atoms. The highest BCUT2D eigenvalue weighted by atomic mass is 32.2. The van der Waals surface area contributed by atoms with Crippen LogP contribution in [0.5, 0.6) is 0 Å². The molecule has 1 saturated heterocycles. The summed E-state index contributed by atoms with van der Waals surface area (Å²) in [7, 11) is 0. The van der Waals surface area contributed by atoms with E-state index in [0.29, 0.717) is 11.5 Å². The van der Waals surface area contributed by atoms with Crippen LogP contribution in [0.25, 0.3) is 0 Å². The van der Waals surface area contributed by atoms with Gasteiger partial charge in [0.05, 0.1) is 12.7 Å². The van der Waals surface area contributed by atoms with Crippen LogP contribution in [-0.4, -0.2) is 23.7 Å². The van der Waals surface area contributed by atoms with Crippen molar-refractivity contribution in [3.05, 3.63) is 0 Å². The largest absolute Gasteiger partial charge is 0.378 e. The minimum Gasteiger partial charge on any atom is -0.378 e. The Morgan fingerprint density at radius 1 is 1.33 bits per heavy atom. The third kappa shape index (κ3) is 3.39. The van der Waals surface area contributed by atoms with Gasteiger partial charge in [0.2, 0.25) is 0 Å². The van der Waals surface area contributed by atoms with E-state index in [0.717, 1.165) is 17.8 Å². The molecule has 1 heterocycles. The second kappa shape index (κ2) is 5.58.